The lowest BCUT2D eigenvalue weighted by atomic mass is 9.91. The lowest BCUT2D eigenvalue weighted by Gasteiger charge is -2.19. The van der Waals surface area contributed by atoms with E-state index >= 15 is 0 Å². The number of amides is 1. The van der Waals surface area contributed by atoms with E-state index in [0.717, 1.165) is 31.7 Å². The molecule has 0 aromatic carbocycles. The molecule has 0 radical (unpaired) electrons. The molecule has 2 rings (SSSR count). The molecule has 0 aliphatic carbocycles. The Morgan fingerprint density at radius 2 is 2.17 bits per heavy atom. The lowest BCUT2D eigenvalue weighted by molar-refractivity contribution is 0.0941. The van der Waals surface area contributed by atoms with Crippen molar-refractivity contribution in [2.75, 3.05) is 26.2 Å². The maximum atomic E-state index is 12.4. The molecule has 0 unspecified atom stereocenters. The fraction of sp³-hybridized carbons (Fsp3) is 0.722. The molecule has 0 bridgehead atoms. The van der Waals surface area contributed by atoms with Crippen molar-refractivity contribution in [1.29, 1.82) is 0 Å². The largest absolute Gasteiger partial charge is 0.350 e. The number of carbonyl (C=O) groups excluding carboxylic acids is 1. The average Bonchev–Trinajstić information content (AvgIpc) is 2.89. The Hall–Kier alpha value is -1.69. The summed E-state index contributed by atoms with van der Waals surface area (Å²) < 4.78 is 0. The van der Waals surface area contributed by atoms with Gasteiger partial charge in [-0.1, -0.05) is 34.6 Å². The molecule has 1 amide bonds. The van der Waals surface area contributed by atoms with Gasteiger partial charge in [0.1, 0.15) is 5.69 Å². The summed E-state index contributed by atoms with van der Waals surface area (Å²) in [4.78, 5) is 33.0. The van der Waals surface area contributed by atoms with E-state index in [1.807, 2.05) is 20.8 Å². The van der Waals surface area contributed by atoms with Gasteiger partial charge in [0.05, 0.1) is 0 Å². The van der Waals surface area contributed by atoms with Crippen LogP contribution in [0.5, 0.6) is 0 Å². The Labute approximate surface area is 144 Å². The van der Waals surface area contributed by atoms with Gasteiger partial charge in [0.15, 0.2) is 0 Å². The normalized spacial score (nSPS) is 19.0. The molecule has 1 aromatic heterocycles. The molecule has 2 heterocycles. The van der Waals surface area contributed by atoms with Crippen molar-refractivity contribution in [2.24, 2.45) is 11.8 Å². The van der Waals surface area contributed by atoms with Gasteiger partial charge in [0, 0.05) is 30.7 Å². The highest BCUT2D eigenvalue weighted by atomic mass is 16.2. The number of nitrogens with one attached hydrogen (secondary N) is 2. The zero-order valence-corrected chi connectivity index (χ0v) is 15.5. The third-order valence-corrected chi connectivity index (χ3v) is 4.33. The molecule has 1 aliphatic heterocycles. The fourth-order valence-electron chi connectivity index (χ4n) is 3.07. The van der Waals surface area contributed by atoms with Gasteiger partial charge in [-0.3, -0.25) is 4.79 Å². The number of rotatable bonds is 5. The predicted molar refractivity (Wildman–Crippen MR) is 95.3 cm³/mol. The van der Waals surface area contributed by atoms with Crippen LogP contribution < -0.4 is 11.0 Å². The van der Waals surface area contributed by atoms with Crippen LogP contribution in [0.25, 0.3) is 0 Å². The molecule has 24 heavy (non-hydrogen) atoms. The molecule has 6 nitrogen and oxygen atoms in total. The molecule has 6 heteroatoms. The van der Waals surface area contributed by atoms with E-state index < -0.39 is 5.69 Å². The molecule has 1 saturated heterocycles. The number of hydrogen-bond donors (Lipinski definition) is 2. The number of carbonyl (C=O) groups is 1. The first kappa shape index (κ1) is 18.6. The standard InChI is InChI=1S/C18H30N4O2/c1-12(2)10-22-7-6-13(11-22)9-19-16(23)14-8-15(18(3,4)5)21-17(24)20-14/h8,12-13H,6-7,9-11H2,1-5H3,(H,19,23)(H,20,21,24)/t13-/m1/s1. The summed E-state index contributed by atoms with van der Waals surface area (Å²) in [6, 6.07) is 1.68. The summed E-state index contributed by atoms with van der Waals surface area (Å²) in [6.07, 6.45) is 1.10. The van der Waals surface area contributed by atoms with Crippen molar-refractivity contribution in [3.63, 3.8) is 0 Å². The van der Waals surface area contributed by atoms with Crippen LogP contribution in [0.1, 0.15) is 57.2 Å². The number of aromatic amines is 1. The van der Waals surface area contributed by atoms with Crippen molar-refractivity contribution < 1.29 is 4.79 Å². The van der Waals surface area contributed by atoms with Crippen LogP contribution in [-0.2, 0) is 5.41 Å². The highest BCUT2D eigenvalue weighted by Crippen LogP contribution is 2.19. The summed E-state index contributed by atoms with van der Waals surface area (Å²) in [5.74, 6) is 0.861. The number of aromatic nitrogens is 2. The van der Waals surface area contributed by atoms with E-state index in [2.05, 4.69) is 34.0 Å². The van der Waals surface area contributed by atoms with Crippen molar-refractivity contribution in [1.82, 2.24) is 20.2 Å². The number of H-pyrrole nitrogens is 1. The summed E-state index contributed by atoms with van der Waals surface area (Å²) in [7, 11) is 0. The molecule has 1 atom stereocenters. The highest BCUT2D eigenvalue weighted by molar-refractivity contribution is 5.92. The van der Waals surface area contributed by atoms with Crippen LogP contribution in [0, 0.1) is 11.8 Å². The minimum Gasteiger partial charge on any atom is -0.350 e. The van der Waals surface area contributed by atoms with Crippen molar-refractivity contribution in [3.05, 3.63) is 27.9 Å². The maximum Gasteiger partial charge on any atom is 0.345 e. The quantitative estimate of drug-likeness (QED) is 0.860. The summed E-state index contributed by atoms with van der Waals surface area (Å²) >= 11 is 0. The highest BCUT2D eigenvalue weighted by Gasteiger charge is 2.24. The first-order valence-electron chi connectivity index (χ1n) is 8.77. The predicted octanol–water partition coefficient (Wildman–Crippen LogP) is 1.78. The Kier molecular flexibility index (Phi) is 5.80. The summed E-state index contributed by atoms with van der Waals surface area (Å²) in [5, 5.41) is 2.94. The zero-order valence-electron chi connectivity index (χ0n) is 15.5. The number of likely N-dealkylation sites (tertiary alicyclic amines) is 1. The molecule has 1 fully saturated rings. The van der Waals surface area contributed by atoms with E-state index in [-0.39, 0.29) is 17.0 Å². The summed E-state index contributed by atoms with van der Waals surface area (Å²) in [6.45, 7) is 14.3. The second kappa shape index (κ2) is 7.47. The SMILES string of the molecule is CC(C)CN1CC[C@H](CNC(=O)c2cc(C(C)(C)C)[nH]c(=O)n2)C1. The molecule has 0 saturated carbocycles. The third kappa shape index (κ3) is 5.16. The van der Waals surface area contributed by atoms with Crippen LogP contribution in [0.15, 0.2) is 10.9 Å². The topological polar surface area (TPSA) is 78.1 Å². The van der Waals surface area contributed by atoms with Crippen LogP contribution in [0.4, 0.5) is 0 Å². The Balaban J connectivity index is 1.94. The van der Waals surface area contributed by atoms with E-state index in [9.17, 15) is 9.59 Å². The fourth-order valence-corrected chi connectivity index (χ4v) is 3.07. The zero-order chi connectivity index (χ0) is 17.9. The minimum atomic E-state index is -0.475. The van der Waals surface area contributed by atoms with Crippen molar-refractivity contribution in [2.45, 2.75) is 46.5 Å². The van der Waals surface area contributed by atoms with Gasteiger partial charge < -0.3 is 15.2 Å². The molecule has 2 N–H and O–H groups in total. The first-order valence-corrected chi connectivity index (χ1v) is 8.77. The van der Waals surface area contributed by atoms with E-state index in [0.29, 0.717) is 18.4 Å². The van der Waals surface area contributed by atoms with Crippen LogP contribution >= 0.6 is 0 Å². The average molecular weight is 334 g/mol. The van der Waals surface area contributed by atoms with Gasteiger partial charge >= 0.3 is 5.69 Å². The van der Waals surface area contributed by atoms with Gasteiger partial charge in [-0.25, -0.2) is 4.79 Å². The molecular weight excluding hydrogens is 304 g/mol. The second-order valence-electron chi connectivity index (χ2n) is 8.25. The molecule has 134 valence electrons. The van der Waals surface area contributed by atoms with Gasteiger partial charge in [-0.2, -0.15) is 4.98 Å². The van der Waals surface area contributed by atoms with Gasteiger partial charge in [-0.15, -0.1) is 0 Å². The number of hydrogen-bond acceptors (Lipinski definition) is 4. The summed E-state index contributed by atoms with van der Waals surface area (Å²) in [5.41, 5.74) is 0.203. The smallest absolute Gasteiger partial charge is 0.345 e. The molecule has 1 aromatic rings. The van der Waals surface area contributed by atoms with Crippen LogP contribution in [-0.4, -0.2) is 47.0 Å². The molecular formula is C18H30N4O2. The van der Waals surface area contributed by atoms with E-state index in [1.54, 1.807) is 6.07 Å². The molecule has 1 aliphatic rings. The third-order valence-electron chi connectivity index (χ3n) is 4.33. The van der Waals surface area contributed by atoms with Gasteiger partial charge in [-0.05, 0) is 30.9 Å². The Morgan fingerprint density at radius 1 is 1.46 bits per heavy atom. The maximum absolute atomic E-state index is 12.4. The monoisotopic (exact) mass is 334 g/mol. The van der Waals surface area contributed by atoms with Crippen LogP contribution in [0.2, 0.25) is 0 Å². The van der Waals surface area contributed by atoms with Crippen LogP contribution in [0.3, 0.4) is 0 Å². The number of nitrogens with zero attached hydrogens (tertiary/aromatic N) is 2. The van der Waals surface area contributed by atoms with Crippen molar-refractivity contribution in [3.8, 4) is 0 Å². The Morgan fingerprint density at radius 3 is 2.79 bits per heavy atom. The lowest BCUT2D eigenvalue weighted by Crippen LogP contribution is -2.34. The second-order valence-corrected chi connectivity index (χ2v) is 8.25. The van der Waals surface area contributed by atoms with Crippen molar-refractivity contribution >= 4 is 5.91 Å². The van der Waals surface area contributed by atoms with E-state index in [4.69, 9.17) is 0 Å². The van der Waals surface area contributed by atoms with Gasteiger partial charge in [0.2, 0.25) is 0 Å². The van der Waals surface area contributed by atoms with Gasteiger partial charge in [0.25, 0.3) is 5.91 Å². The molecule has 0 spiro atoms. The van der Waals surface area contributed by atoms with E-state index in [1.165, 1.54) is 0 Å². The Bertz CT molecular complexity index is 631. The minimum absolute atomic E-state index is 0.195. The first-order chi connectivity index (χ1) is 11.1.